The minimum atomic E-state index is -1.19. The van der Waals surface area contributed by atoms with Crippen LogP contribution in [-0.2, 0) is 10.5 Å². The Kier molecular flexibility index (Phi) is 3.07. The molecule has 72 valence electrons. The first-order valence-corrected chi connectivity index (χ1v) is 4.48. The quantitative estimate of drug-likeness (QED) is 0.723. The first-order chi connectivity index (χ1) is 6.02. The van der Waals surface area contributed by atoms with Crippen molar-refractivity contribution in [2.75, 3.05) is 0 Å². The molecule has 0 saturated carbocycles. The molecule has 1 atom stereocenters. The van der Waals surface area contributed by atoms with Gasteiger partial charge in [-0.15, -0.1) is 0 Å². The molecule has 2 heteroatoms. The maximum Gasteiger partial charge on any atom is 0.189 e. The molecule has 0 amide bonds. The number of aliphatic hydroxyl groups is 1. The molecule has 1 rings (SSSR count). The van der Waals surface area contributed by atoms with E-state index in [2.05, 4.69) is 0 Å². The first-order valence-electron chi connectivity index (χ1n) is 4.48. The summed E-state index contributed by atoms with van der Waals surface area (Å²) >= 11 is 0. The van der Waals surface area contributed by atoms with Gasteiger partial charge in [0.25, 0.3) is 0 Å². The largest absolute Gasteiger partial charge is 0.362 e. The van der Waals surface area contributed by atoms with Crippen molar-refractivity contribution >= 4 is 0 Å². The van der Waals surface area contributed by atoms with Crippen molar-refractivity contribution in [1.82, 2.24) is 0 Å². The van der Waals surface area contributed by atoms with Crippen LogP contribution in [0.2, 0.25) is 0 Å². The van der Waals surface area contributed by atoms with Crippen LogP contribution in [-0.4, -0.2) is 11.2 Å². The van der Waals surface area contributed by atoms with Gasteiger partial charge in [0.1, 0.15) is 0 Å². The zero-order valence-corrected chi connectivity index (χ0v) is 8.32. The highest BCUT2D eigenvalue weighted by atomic mass is 16.6. The van der Waals surface area contributed by atoms with Crippen LogP contribution in [0.1, 0.15) is 26.3 Å². The van der Waals surface area contributed by atoms with Gasteiger partial charge < -0.3 is 9.84 Å². The minimum Gasteiger partial charge on any atom is -0.362 e. The van der Waals surface area contributed by atoms with Crippen molar-refractivity contribution in [3.63, 3.8) is 0 Å². The van der Waals surface area contributed by atoms with E-state index in [1.807, 2.05) is 44.2 Å². The molecule has 0 radical (unpaired) electrons. The number of rotatable bonds is 3. The summed E-state index contributed by atoms with van der Waals surface area (Å²) in [5, 5.41) is 9.93. The second-order valence-electron chi connectivity index (χ2n) is 3.52. The predicted octanol–water partition coefficient (Wildman–Crippen LogP) is 2.28. The molecule has 0 spiro atoms. The van der Waals surface area contributed by atoms with Crippen LogP contribution in [0, 0.1) is 0 Å². The highest BCUT2D eigenvalue weighted by Gasteiger charge is 2.24. The first kappa shape index (κ1) is 10.2. The molecular weight excluding hydrogens is 164 g/mol. The number of hydrogen-bond donors (Lipinski definition) is 1. The molecule has 0 aliphatic carbocycles. The second kappa shape index (κ2) is 3.90. The molecule has 1 aromatic carbocycles. The van der Waals surface area contributed by atoms with Crippen LogP contribution in [0.5, 0.6) is 0 Å². The Labute approximate surface area is 79.2 Å². The van der Waals surface area contributed by atoms with Gasteiger partial charge in [-0.25, -0.2) is 0 Å². The third kappa shape index (κ3) is 2.83. The van der Waals surface area contributed by atoms with Crippen LogP contribution in [0.25, 0.3) is 0 Å². The normalized spacial score (nSPS) is 15.8. The third-order valence-electron chi connectivity index (χ3n) is 1.77. The van der Waals surface area contributed by atoms with Crippen LogP contribution < -0.4 is 0 Å². The van der Waals surface area contributed by atoms with E-state index in [9.17, 15) is 5.11 Å². The maximum atomic E-state index is 9.93. The fourth-order valence-corrected chi connectivity index (χ4v) is 1.27. The fourth-order valence-electron chi connectivity index (χ4n) is 1.27. The monoisotopic (exact) mass is 180 g/mol. The fraction of sp³-hybridized carbons (Fsp3) is 0.455. The van der Waals surface area contributed by atoms with E-state index in [1.54, 1.807) is 6.92 Å². The lowest BCUT2D eigenvalue weighted by Crippen LogP contribution is -2.28. The van der Waals surface area contributed by atoms with Gasteiger partial charge in [-0.1, -0.05) is 30.3 Å². The Morgan fingerprint density at radius 1 is 1.23 bits per heavy atom. The molecule has 2 nitrogen and oxygen atoms in total. The van der Waals surface area contributed by atoms with Gasteiger partial charge in [0, 0.05) is 5.56 Å². The Morgan fingerprint density at radius 3 is 2.23 bits per heavy atom. The van der Waals surface area contributed by atoms with Crippen molar-refractivity contribution < 1.29 is 9.84 Å². The lowest BCUT2D eigenvalue weighted by molar-refractivity contribution is -0.219. The number of hydrogen-bond acceptors (Lipinski definition) is 2. The summed E-state index contributed by atoms with van der Waals surface area (Å²) in [6.45, 7) is 5.46. The Bertz CT molecular complexity index is 252. The van der Waals surface area contributed by atoms with Gasteiger partial charge in [0.2, 0.25) is 0 Å². The molecule has 0 aliphatic rings. The van der Waals surface area contributed by atoms with Crippen molar-refractivity contribution in [3.8, 4) is 0 Å². The van der Waals surface area contributed by atoms with Gasteiger partial charge in [-0.3, -0.25) is 0 Å². The molecule has 13 heavy (non-hydrogen) atoms. The average molecular weight is 180 g/mol. The maximum absolute atomic E-state index is 9.93. The molecule has 1 aromatic rings. The summed E-state index contributed by atoms with van der Waals surface area (Å²) in [6.07, 6.45) is 0.00945. The summed E-state index contributed by atoms with van der Waals surface area (Å²) in [7, 11) is 0. The Balaban J connectivity index is 2.81. The summed E-state index contributed by atoms with van der Waals surface area (Å²) < 4.78 is 5.38. The van der Waals surface area contributed by atoms with E-state index in [0.717, 1.165) is 5.56 Å². The Hall–Kier alpha value is -0.860. The highest BCUT2D eigenvalue weighted by molar-refractivity contribution is 5.19. The van der Waals surface area contributed by atoms with Gasteiger partial charge in [-0.2, -0.15) is 0 Å². The SMILES string of the molecule is CC(C)OC(C)(O)c1ccccc1. The topological polar surface area (TPSA) is 29.5 Å². The average Bonchev–Trinajstić information content (AvgIpc) is 2.04. The molecule has 1 unspecified atom stereocenters. The molecular formula is C11H16O2. The standard InChI is InChI=1S/C11H16O2/c1-9(2)13-11(3,12)10-7-5-4-6-8-10/h4-9,12H,1-3H3. The van der Waals surface area contributed by atoms with Crippen molar-refractivity contribution in [3.05, 3.63) is 35.9 Å². The lowest BCUT2D eigenvalue weighted by atomic mass is 10.1. The van der Waals surface area contributed by atoms with E-state index in [-0.39, 0.29) is 6.10 Å². The van der Waals surface area contributed by atoms with Crippen LogP contribution >= 0.6 is 0 Å². The minimum absolute atomic E-state index is 0.00945. The molecule has 0 heterocycles. The number of benzene rings is 1. The van der Waals surface area contributed by atoms with Gasteiger partial charge in [0.15, 0.2) is 5.79 Å². The molecule has 0 saturated heterocycles. The molecule has 0 fully saturated rings. The van der Waals surface area contributed by atoms with Crippen LogP contribution in [0.15, 0.2) is 30.3 Å². The van der Waals surface area contributed by atoms with Gasteiger partial charge in [0.05, 0.1) is 6.10 Å². The second-order valence-corrected chi connectivity index (χ2v) is 3.52. The van der Waals surface area contributed by atoms with E-state index < -0.39 is 5.79 Å². The van der Waals surface area contributed by atoms with E-state index in [1.165, 1.54) is 0 Å². The zero-order valence-electron chi connectivity index (χ0n) is 8.32. The summed E-state index contributed by atoms with van der Waals surface area (Å²) in [5.41, 5.74) is 0.781. The zero-order chi connectivity index (χ0) is 9.90. The molecule has 0 bridgehead atoms. The van der Waals surface area contributed by atoms with E-state index in [4.69, 9.17) is 4.74 Å². The van der Waals surface area contributed by atoms with Gasteiger partial charge in [-0.05, 0) is 20.8 Å². The van der Waals surface area contributed by atoms with Crippen molar-refractivity contribution in [2.45, 2.75) is 32.7 Å². The molecule has 0 aliphatic heterocycles. The van der Waals surface area contributed by atoms with Crippen molar-refractivity contribution in [1.29, 1.82) is 0 Å². The predicted molar refractivity (Wildman–Crippen MR) is 52.2 cm³/mol. The lowest BCUT2D eigenvalue weighted by Gasteiger charge is -2.26. The Morgan fingerprint density at radius 2 is 1.77 bits per heavy atom. The third-order valence-corrected chi connectivity index (χ3v) is 1.77. The van der Waals surface area contributed by atoms with Crippen LogP contribution in [0.3, 0.4) is 0 Å². The van der Waals surface area contributed by atoms with Crippen LogP contribution in [0.4, 0.5) is 0 Å². The summed E-state index contributed by atoms with van der Waals surface area (Å²) in [4.78, 5) is 0. The van der Waals surface area contributed by atoms with E-state index >= 15 is 0 Å². The number of ether oxygens (including phenoxy) is 1. The summed E-state index contributed by atoms with van der Waals surface area (Å²) in [5.74, 6) is -1.19. The van der Waals surface area contributed by atoms with Crippen molar-refractivity contribution in [2.24, 2.45) is 0 Å². The smallest absolute Gasteiger partial charge is 0.189 e. The highest BCUT2D eigenvalue weighted by Crippen LogP contribution is 2.22. The summed E-state index contributed by atoms with van der Waals surface area (Å²) in [6, 6.07) is 9.38. The van der Waals surface area contributed by atoms with E-state index in [0.29, 0.717) is 0 Å². The van der Waals surface area contributed by atoms with Gasteiger partial charge >= 0.3 is 0 Å². The molecule has 0 aromatic heterocycles. The molecule has 1 N–H and O–H groups in total.